The highest BCUT2D eigenvalue weighted by molar-refractivity contribution is 5.65. The minimum atomic E-state index is -4.70. The predicted molar refractivity (Wildman–Crippen MR) is 119 cm³/mol. The summed E-state index contributed by atoms with van der Waals surface area (Å²) >= 11 is 0. The highest BCUT2D eigenvalue weighted by Gasteiger charge is 2.42. The Kier molecular flexibility index (Phi) is 6.20. The molecule has 1 N–H and O–H groups in total. The Labute approximate surface area is 203 Å². The van der Waals surface area contributed by atoms with Crippen molar-refractivity contribution >= 4 is 5.82 Å². The van der Waals surface area contributed by atoms with Gasteiger partial charge in [0.2, 0.25) is 0 Å². The quantitative estimate of drug-likeness (QED) is 0.562. The zero-order chi connectivity index (χ0) is 26.4. The van der Waals surface area contributed by atoms with Gasteiger partial charge in [0.15, 0.2) is 5.82 Å². The SMILES string of the molecule is [2H]C([2H])(C1CCOCC1)N1C[C@H]2CC(Nc3nnc(-c4cnccc4C(F)(F)F)cc3C(F)F)C[C@H]2C1. The average molecular weight is 500 g/mol. The summed E-state index contributed by atoms with van der Waals surface area (Å²) in [5.41, 5.74) is -2.27. The fourth-order valence-corrected chi connectivity index (χ4v) is 5.46. The number of nitrogens with zero attached hydrogens (tertiary/aromatic N) is 4. The van der Waals surface area contributed by atoms with Crippen LogP contribution >= 0.6 is 0 Å². The van der Waals surface area contributed by atoms with Crippen LogP contribution in [0.15, 0.2) is 24.5 Å². The van der Waals surface area contributed by atoms with E-state index in [-0.39, 0.29) is 35.3 Å². The minimum absolute atomic E-state index is 0.0749. The van der Waals surface area contributed by atoms with E-state index >= 15 is 0 Å². The molecule has 1 unspecified atom stereocenters. The lowest BCUT2D eigenvalue weighted by molar-refractivity contribution is -0.137. The van der Waals surface area contributed by atoms with Gasteiger partial charge in [-0.3, -0.25) is 4.98 Å². The maximum Gasteiger partial charge on any atom is 0.417 e. The van der Waals surface area contributed by atoms with Gasteiger partial charge < -0.3 is 15.0 Å². The lowest BCUT2D eigenvalue weighted by atomic mass is 10.00. The van der Waals surface area contributed by atoms with Gasteiger partial charge in [0.25, 0.3) is 6.43 Å². The Hall–Kier alpha value is -2.40. The Morgan fingerprint density at radius 3 is 2.51 bits per heavy atom. The second-order valence-corrected chi connectivity index (χ2v) is 9.51. The first-order chi connectivity index (χ1) is 17.5. The standard InChI is InChI=1S/C24H28F5N5O/c25-22(26)18-9-21(19-10-30-4-1-20(19)24(27,28)29)32-33-23(18)31-17-7-15-12-34(13-16(15)8-17)11-14-2-5-35-6-3-14/h1,4,9-10,14-17,22H,2-3,5-8,11-13H2,(H,31,33)/t15-,16+,17?/i11D2. The zero-order valence-corrected chi connectivity index (χ0v) is 18.9. The van der Waals surface area contributed by atoms with Crippen LogP contribution in [0.3, 0.4) is 0 Å². The molecular weight excluding hydrogens is 469 g/mol. The van der Waals surface area contributed by atoms with E-state index in [2.05, 4.69) is 20.5 Å². The van der Waals surface area contributed by atoms with Gasteiger partial charge >= 0.3 is 6.18 Å². The fraction of sp³-hybridized carbons (Fsp3) is 0.625. The molecule has 6 nitrogen and oxygen atoms in total. The number of ether oxygens (including phenoxy) is 1. The van der Waals surface area contributed by atoms with E-state index in [1.165, 1.54) is 0 Å². The largest absolute Gasteiger partial charge is 0.417 e. The monoisotopic (exact) mass is 499 g/mol. The summed E-state index contributed by atoms with van der Waals surface area (Å²) in [6.45, 7) is 0.924. The van der Waals surface area contributed by atoms with E-state index in [1.807, 2.05) is 4.90 Å². The van der Waals surface area contributed by atoms with Crippen LogP contribution in [0, 0.1) is 17.8 Å². The van der Waals surface area contributed by atoms with E-state index < -0.39 is 35.8 Å². The number of hydrogen-bond donors (Lipinski definition) is 1. The van der Waals surface area contributed by atoms with Gasteiger partial charge in [-0.2, -0.15) is 13.2 Å². The molecule has 2 saturated heterocycles. The molecule has 0 spiro atoms. The summed E-state index contributed by atoms with van der Waals surface area (Å²) in [6, 6.07) is 1.55. The third-order valence-corrected chi connectivity index (χ3v) is 7.14. The molecule has 0 amide bonds. The summed E-state index contributed by atoms with van der Waals surface area (Å²) in [4.78, 5) is 5.61. The molecule has 0 aromatic carbocycles. The Bertz CT molecular complexity index is 1100. The van der Waals surface area contributed by atoms with E-state index in [1.54, 1.807) is 0 Å². The van der Waals surface area contributed by atoms with Crippen molar-refractivity contribution in [3.63, 3.8) is 0 Å². The van der Waals surface area contributed by atoms with Gasteiger partial charge in [-0.1, -0.05) is 0 Å². The molecule has 1 aliphatic carbocycles. The molecule has 1 saturated carbocycles. The maximum absolute atomic E-state index is 13.9. The molecule has 2 aliphatic heterocycles. The lowest BCUT2D eigenvalue weighted by Gasteiger charge is -2.28. The summed E-state index contributed by atoms with van der Waals surface area (Å²) in [6.07, 6.45) is -3.02. The average Bonchev–Trinajstić information content (AvgIpc) is 3.44. The van der Waals surface area contributed by atoms with Crippen molar-refractivity contribution in [1.29, 1.82) is 0 Å². The molecule has 0 bridgehead atoms. The van der Waals surface area contributed by atoms with E-state index in [0.717, 1.165) is 24.5 Å². The molecule has 2 aromatic rings. The highest BCUT2D eigenvalue weighted by Crippen LogP contribution is 2.41. The molecule has 4 heterocycles. The first kappa shape index (κ1) is 21.8. The number of fused-ring (bicyclic) bond motifs is 1. The molecule has 190 valence electrons. The molecule has 35 heavy (non-hydrogen) atoms. The first-order valence-corrected chi connectivity index (χ1v) is 11.8. The van der Waals surface area contributed by atoms with Crippen molar-refractivity contribution in [2.45, 2.75) is 44.3 Å². The van der Waals surface area contributed by atoms with Gasteiger partial charge in [0.1, 0.15) is 0 Å². The van der Waals surface area contributed by atoms with Crippen molar-refractivity contribution in [1.82, 2.24) is 20.1 Å². The van der Waals surface area contributed by atoms with Crippen LogP contribution in [0.5, 0.6) is 0 Å². The molecule has 3 fully saturated rings. The van der Waals surface area contributed by atoms with Gasteiger partial charge in [-0.15, -0.1) is 10.2 Å². The predicted octanol–water partition coefficient (Wildman–Crippen LogP) is 5.04. The first-order valence-electron chi connectivity index (χ1n) is 12.8. The zero-order valence-electron chi connectivity index (χ0n) is 20.9. The Balaban J connectivity index is 1.28. The number of nitrogens with one attached hydrogen (secondary N) is 1. The number of halogens is 5. The smallest absolute Gasteiger partial charge is 0.381 e. The molecule has 5 rings (SSSR count). The number of pyridine rings is 1. The summed E-state index contributed by atoms with van der Waals surface area (Å²) < 4.78 is 90.8. The van der Waals surface area contributed by atoms with E-state index in [9.17, 15) is 22.0 Å². The van der Waals surface area contributed by atoms with Crippen molar-refractivity contribution in [3.05, 3.63) is 35.7 Å². The third-order valence-electron chi connectivity index (χ3n) is 7.14. The second-order valence-electron chi connectivity index (χ2n) is 9.51. The van der Waals surface area contributed by atoms with E-state index in [4.69, 9.17) is 7.48 Å². The molecule has 3 atom stereocenters. The molecule has 0 radical (unpaired) electrons. The van der Waals surface area contributed by atoms with Crippen LogP contribution in [0.1, 0.15) is 46.0 Å². The summed E-state index contributed by atoms with van der Waals surface area (Å²) in [5.74, 6) is 0.225. The number of likely N-dealkylation sites (tertiary alicyclic amines) is 1. The van der Waals surface area contributed by atoms with Crippen LogP contribution in [-0.2, 0) is 10.9 Å². The molecule has 3 aliphatic rings. The normalized spacial score (nSPS) is 27.1. The second kappa shape index (κ2) is 9.93. The van der Waals surface area contributed by atoms with Crippen LogP contribution in [-0.4, -0.2) is 58.9 Å². The Morgan fingerprint density at radius 1 is 1.14 bits per heavy atom. The van der Waals surface area contributed by atoms with Crippen molar-refractivity contribution in [2.24, 2.45) is 17.8 Å². The fourth-order valence-electron chi connectivity index (χ4n) is 5.46. The van der Waals surface area contributed by atoms with Crippen LogP contribution in [0.25, 0.3) is 11.3 Å². The van der Waals surface area contributed by atoms with Crippen molar-refractivity contribution < 1.29 is 29.4 Å². The molecule has 2 aromatic heterocycles. The lowest BCUT2D eigenvalue weighted by Crippen LogP contribution is -2.32. The molecular formula is C24H28F5N5O. The third kappa shape index (κ3) is 5.40. The molecule has 11 heteroatoms. The van der Waals surface area contributed by atoms with Crippen molar-refractivity contribution in [3.8, 4) is 11.3 Å². The summed E-state index contributed by atoms with van der Waals surface area (Å²) in [7, 11) is 0. The highest BCUT2D eigenvalue weighted by atomic mass is 19.4. The topological polar surface area (TPSA) is 63.2 Å². The van der Waals surface area contributed by atoms with Crippen LogP contribution < -0.4 is 5.32 Å². The summed E-state index contributed by atoms with van der Waals surface area (Å²) in [5, 5.41) is 10.7. The van der Waals surface area contributed by atoms with Gasteiger partial charge in [0.05, 0.1) is 16.8 Å². The van der Waals surface area contributed by atoms with Gasteiger partial charge in [-0.25, -0.2) is 8.78 Å². The number of rotatable bonds is 6. The maximum atomic E-state index is 13.9. The van der Waals surface area contributed by atoms with Gasteiger partial charge in [0, 0.05) is 59.5 Å². The van der Waals surface area contributed by atoms with Crippen LogP contribution in [0.2, 0.25) is 0 Å². The van der Waals surface area contributed by atoms with Crippen LogP contribution in [0.4, 0.5) is 27.8 Å². The number of alkyl halides is 5. The van der Waals surface area contributed by atoms with E-state index in [0.29, 0.717) is 52.0 Å². The Morgan fingerprint density at radius 2 is 1.86 bits per heavy atom. The number of aromatic nitrogens is 3. The minimum Gasteiger partial charge on any atom is -0.381 e. The number of anilines is 1. The van der Waals surface area contributed by atoms with Gasteiger partial charge in [-0.05, 0) is 55.6 Å². The van der Waals surface area contributed by atoms with Crippen molar-refractivity contribution in [2.75, 3.05) is 38.1 Å². The number of hydrogen-bond acceptors (Lipinski definition) is 6.